The number of nitrogens with one attached hydrogen (secondary N) is 1. The molecule has 0 unspecified atom stereocenters. The molecule has 0 aliphatic heterocycles. The maximum atomic E-state index is 12.7. The Labute approximate surface area is 182 Å². The zero-order valence-electron chi connectivity index (χ0n) is 17.1. The van der Waals surface area contributed by atoms with Crippen molar-refractivity contribution >= 4 is 27.9 Å². The zero-order chi connectivity index (χ0) is 21.8. The van der Waals surface area contributed by atoms with Crippen LogP contribution in [-0.4, -0.2) is 21.4 Å². The van der Waals surface area contributed by atoms with E-state index in [0.29, 0.717) is 27.8 Å². The maximum absolute atomic E-state index is 12.7. The molecule has 4 aromatic rings. The average molecular weight is 436 g/mol. The third kappa shape index (κ3) is 4.92. The molecule has 158 valence electrons. The van der Waals surface area contributed by atoms with E-state index in [4.69, 9.17) is 9.47 Å². The number of thiazole rings is 1. The zero-order valence-corrected chi connectivity index (χ0v) is 17.9. The van der Waals surface area contributed by atoms with Gasteiger partial charge in [0, 0.05) is 17.6 Å². The lowest BCUT2D eigenvalue weighted by atomic mass is 10.2. The number of hydrogen-bond donors (Lipinski definition) is 1. The van der Waals surface area contributed by atoms with Crippen molar-refractivity contribution in [3.05, 3.63) is 87.8 Å². The third-order valence-corrected chi connectivity index (χ3v) is 5.31. The Balaban J connectivity index is 1.47. The summed E-state index contributed by atoms with van der Waals surface area (Å²) >= 11 is 1.38. The Kier molecular flexibility index (Phi) is 5.99. The molecule has 4 rings (SSSR count). The van der Waals surface area contributed by atoms with E-state index in [2.05, 4.69) is 10.3 Å². The van der Waals surface area contributed by atoms with Gasteiger partial charge in [-0.1, -0.05) is 24.3 Å². The van der Waals surface area contributed by atoms with Crippen molar-refractivity contribution in [3.63, 3.8) is 0 Å². The minimum Gasteiger partial charge on any atom is -0.485 e. The lowest BCUT2D eigenvalue weighted by Crippen LogP contribution is -2.30. The first-order valence-electron chi connectivity index (χ1n) is 9.71. The molecular weight excluding hydrogens is 414 g/mol. The van der Waals surface area contributed by atoms with Crippen molar-refractivity contribution in [1.29, 1.82) is 0 Å². The van der Waals surface area contributed by atoms with Gasteiger partial charge in [0.2, 0.25) is 0 Å². The number of amides is 1. The Morgan fingerprint density at radius 1 is 1.19 bits per heavy atom. The fourth-order valence-corrected chi connectivity index (χ4v) is 3.71. The van der Waals surface area contributed by atoms with E-state index in [1.807, 2.05) is 37.3 Å². The molecule has 0 aliphatic carbocycles. The monoisotopic (exact) mass is 435 g/mol. The SMILES string of the molecule is Cc1ccc(OCc2cc(=O)n3ccsc3n2)c(NC(=O)[C@@H](C)Oc2ccccc2)c1. The second-order valence-electron chi connectivity index (χ2n) is 6.99. The van der Waals surface area contributed by atoms with Crippen LogP contribution in [0.4, 0.5) is 5.69 Å². The number of fused-ring (bicyclic) bond motifs is 1. The van der Waals surface area contributed by atoms with Gasteiger partial charge >= 0.3 is 0 Å². The van der Waals surface area contributed by atoms with Gasteiger partial charge in [-0.3, -0.25) is 14.0 Å². The van der Waals surface area contributed by atoms with Crippen LogP contribution in [0.1, 0.15) is 18.2 Å². The lowest BCUT2D eigenvalue weighted by Gasteiger charge is -2.17. The Morgan fingerprint density at radius 2 is 2.00 bits per heavy atom. The van der Waals surface area contributed by atoms with Gasteiger partial charge in [0.15, 0.2) is 11.1 Å². The van der Waals surface area contributed by atoms with Crippen LogP contribution in [-0.2, 0) is 11.4 Å². The maximum Gasteiger partial charge on any atom is 0.265 e. The molecule has 0 fully saturated rings. The summed E-state index contributed by atoms with van der Waals surface area (Å²) in [6.45, 7) is 3.72. The van der Waals surface area contributed by atoms with Gasteiger partial charge in [0.1, 0.15) is 18.1 Å². The van der Waals surface area contributed by atoms with Gasteiger partial charge in [-0.2, -0.15) is 0 Å². The summed E-state index contributed by atoms with van der Waals surface area (Å²) < 4.78 is 13.1. The number of para-hydroxylation sites is 1. The highest BCUT2D eigenvalue weighted by Gasteiger charge is 2.17. The van der Waals surface area contributed by atoms with Crippen LogP contribution >= 0.6 is 11.3 Å². The van der Waals surface area contributed by atoms with Gasteiger partial charge < -0.3 is 14.8 Å². The molecule has 0 bridgehead atoms. The molecule has 2 aromatic heterocycles. The summed E-state index contributed by atoms with van der Waals surface area (Å²) in [6.07, 6.45) is 0.991. The van der Waals surface area contributed by atoms with E-state index in [1.54, 1.807) is 36.7 Å². The standard InChI is InChI=1S/C23H21N3O4S/c1-15-8-9-20(29-14-17-13-21(27)26-10-11-31-23(26)24-17)19(12-15)25-22(28)16(2)30-18-6-4-3-5-7-18/h3-13,16H,14H2,1-2H3,(H,25,28)/t16-/m1/s1. The number of aryl methyl sites for hydroxylation is 1. The van der Waals surface area contributed by atoms with E-state index in [-0.39, 0.29) is 18.1 Å². The summed E-state index contributed by atoms with van der Waals surface area (Å²) in [5, 5.41) is 4.68. The quantitative estimate of drug-likeness (QED) is 0.474. The van der Waals surface area contributed by atoms with Crippen LogP contribution in [0.5, 0.6) is 11.5 Å². The van der Waals surface area contributed by atoms with Crippen LogP contribution in [0.3, 0.4) is 0 Å². The highest BCUT2D eigenvalue weighted by atomic mass is 32.1. The van der Waals surface area contributed by atoms with E-state index < -0.39 is 6.10 Å². The van der Waals surface area contributed by atoms with Crippen LogP contribution in [0, 0.1) is 6.92 Å². The van der Waals surface area contributed by atoms with Crippen LogP contribution in [0.25, 0.3) is 4.96 Å². The van der Waals surface area contributed by atoms with Crippen molar-refractivity contribution in [1.82, 2.24) is 9.38 Å². The highest BCUT2D eigenvalue weighted by Crippen LogP contribution is 2.27. The first kappa shape index (κ1) is 20.6. The molecule has 2 aromatic carbocycles. The van der Waals surface area contributed by atoms with Crippen molar-refractivity contribution in [2.45, 2.75) is 26.6 Å². The van der Waals surface area contributed by atoms with Crippen molar-refractivity contribution in [3.8, 4) is 11.5 Å². The molecule has 1 amide bonds. The fourth-order valence-electron chi connectivity index (χ4n) is 2.97. The molecule has 0 radical (unpaired) electrons. The summed E-state index contributed by atoms with van der Waals surface area (Å²) in [5.41, 5.74) is 1.86. The van der Waals surface area contributed by atoms with E-state index in [1.165, 1.54) is 21.8 Å². The molecule has 7 nitrogen and oxygen atoms in total. The molecule has 0 saturated heterocycles. The predicted molar refractivity (Wildman–Crippen MR) is 120 cm³/mol. The fraction of sp³-hybridized carbons (Fsp3) is 0.174. The smallest absolute Gasteiger partial charge is 0.265 e. The van der Waals surface area contributed by atoms with Gasteiger partial charge in [0.05, 0.1) is 11.4 Å². The van der Waals surface area contributed by atoms with Crippen molar-refractivity contribution in [2.24, 2.45) is 0 Å². The molecule has 0 aliphatic rings. The normalized spacial score (nSPS) is 11.8. The largest absolute Gasteiger partial charge is 0.485 e. The number of aromatic nitrogens is 2. The Morgan fingerprint density at radius 3 is 2.81 bits per heavy atom. The first-order chi connectivity index (χ1) is 15.0. The number of anilines is 1. The number of carbonyl (C=O) groups excluding carboxylic acids is 1. The van der Waals surface area contributed by atoms with E-state index in [9.17, 15) is 9.59 Å². The number of carbonyl (C=O) groups is 1. The number of benzene rings is 2. The Bertz CT molecular complexity index is 1270. The van der Waals surface area contributed by atoms with E-state index in [0.717, 1.165) is 5.56 Å². The molecule has 0 spiro atoms. The topological polar surface area (TPSA) is 81.9 Å². The predicted octanol–water partition coefficient (Wildman–Crippen LogP) is 4.05. The number of ether oxygens (including phenoxy) is 2. The van der Waals surface area contributed by atoms with Gasteiger partial charge in [-0.05, 0) is 43.7 Å². The van der Waals surface area contributed by atoms with Crippen LogP contribution < -0.4 is 20.3 Å². The second kappa shape index (κ2) is 9.01. The van der Waals surface area contributed by atoms with Gasteiger partial charge in [-0.25, -0.2) is 4.98 Å². The average Bonchev–Trinajstić information content (AvgIpc) is 3.23. The molecule has 31 heavy (non-hydrogen) atoms. The van der Waals surface area contributed by atoms with Crippen molar-refractivity contribution < 1.29 is 14.3 Å². The molecule has 1 N–H and O–H groups in total. The third-order valence-electron chi connectivity index (χ3n) is 4.55. The first-order valence-corrected chi connectivity index (χ1v) is 10.6. The lowest BCUT2D eigenvalue weighted by molar-refractivity contribution is -0.122. The molecule has 0 saturated carbocycles. The number of hydrogen-bond acceptors (Lipinski definition) is 6. The highest BCUT2D eigenvalue weighted by molar-refractivity contribution is 7.15. The van der Waals surface area contributed by atoms with Gasteiger partial charge in [0.25, 0.3) is 11.5 Å². The summed E-state index contributed by atoms with van der Waals surface area (Å²) in [4.78, 5) is 29.9. The summed E-state index contributed by atoms with van der Waals surface area (Å²) in [5.74, 6) is 0.807. The number of nitrogens with zero attached hydrogens (tertiary/aromatic N) is 2. The minimum absolute atomic E-state index is 0.103. The molecule has 8 heteroatoms. The second-order valence-corrected chi connectivity index (χ2v) is 7.86. The molecule has 2 heterocycles. The summed E-state index contributed by atoms with van der Waals surface area (Å²) in [7, 11) is 0. The van der Waals surface area contributed by atoms with E-state index >= 15 is 0 Å². The number of rotatable bonds is 7. The van der Waals surface area contributed by atoms with Crippen LogP contribution in [0.15, 0.2) is 71.0 Å². The minimum atomic E-state index is -0.696. The molecular formula is C23H21N3O4S. The Hall–Kier alpha value is -3.65. The van der Waals surface area contributed by atoms with Crippen LogP contribution in [0.2, 0.25) is 0 Å². The molecule has 1 atom stereocenters. The summed E-state index contributed by atoms with van der Waals surface area (Å²) in [6, 6.07) is 16.1. The van der Waals surface area contributed by atoms with Gasteiger partial charge in [-0.15, -0.1) is 11.3 Å². The van der Waals surface area contributed by atoms with Crippen molar-refractivity contribution in [2.75, 3.05) is 5.32 Å².